The molecule has 6 heteroatoms. The van der Waals surface area contributed by atoms with Crippen LogP contribution in [0.3, 0.4) is 0 Å². The highest BCUT2D eigenvalue weighted by atomic mass is 19.1. The monoisotopic (exact) mass is 303 g/mol. The number of hydrogen-bond donors (Lipinski definition) is 3. The topological polar surface area (TPSA) is 53.2 Å². The van der Waals surface area contributed by atoms with E-state index in [-0.39, 0.29) is 23.5 Å². The molecule has 0 radical (unpaired) electrons. The number of hydrogen-bond acceptors (Lipinski definition) is 3. The van der Waals surface area contributed by atoms with Gasteiger partial charge in [-0.25, -0.2) is 19.6 Å². The number of nitrogens with one attached hydrogen (secondary N) is 3. The number of rotatable bonds is 3. The van der Waals surface area contributed by atoms with E-state index in [0.717, 1.165) is 5.56 Å². The molecule has 0 bridgehead atoms. The highest BCUT2D eigenvalue weighted by Crippen LogP contribution is 2.23. The van der Waals surface area contributed by atoms with Gasteiger partial charge in [-0.15, -0.1) is 0 Å². The molecule has 1 aliphatic rings. The van der Waals surface area contributed by atoms with Crippen LogP contribution < -0.4 is 16.2 Å². The van der Waals surface area contributed by atoms with Crippen LogP contribution in [0.2, 0.25) is 0 Å². The second kappa shape index (κ2) is 6.21. The van der Waals surface area contributed by atoms with Crippen molar-refractivity contribution in [1.29, 1.82) is 0 Å². The molecule has 2 aromatic carbocycles. The summed E-state index contributed by atoms with van der Waals surface area (Å²) < 4.78 is 26.5. The molecule has 114 valence electrons. The molecule has 3 N–H and O–H groups in total. The smallest absolute Gasteiger partial charge is 0.243 e. The normalized spacial score (nSPS) is 20.8. The van der Waals surface area contributed by atoms with E-state index in [0.29, 0.717) is 6.42 Å². The van der Waals surface area contributed by atoms with Crippen molar-refractivity contribution in [3.63, 3.8) is 0 Å². The van der Waals surface area contributed by atoms with Crippen molar-refractivity contribution < 1.29 is 13.6 Å². The number of halogens is 2. The van der Waals surface area contributed by atoms with Crippen molar-refractivity contribution in [1.82, 2.24) is 10.9 Å². The van der Waals surface area contributed by atoms with Crippen LogP contribution in [-0.2, 0) is 4.79 Å². The second-order valence-electron chi connectivity index (χ2n) is 5.15. The lowest BCUT2D eigenvalue weighted by Crippen LogP contribution is -2.39. The van der Waals surface area contributed by atoms with Crippen molar-refractivity contribution >= 4 is 11.6 Å². The lowest BCUT2D eigenvalue weighted by atomic mass is 10.0. The molecule has 0 saturated carbocycles. The quantitative estimate of drug-likeness (QED) is 0.816. The Labute approximate surface area is 126 Å². The SMILES string of the molecule is O=C(Nc1ccccc1F)C1CC(c2ccc(F)cc2)NN1. The first kappa shape index (κ1) is 14.6. The summed E-state index contributed by atoms with van der Waals surface area (Å²) >= 11 is 0. The average Bonchev–Trinajstić information content (AvgIpc) is 3.00. The van der Waals surface area contributed by atoms with E-state index in [4.69, 9.17) is 0 Å². The van der Waals surface area contributed by atoms with E-state index in [1.807, 2.05) is 0 Å². The number of amides is 1. The summed E-state index contributed by atoms with van der Waals surface area (Å²) in [6.45, 7) is 0. The summed E-state index contributed by atoms with van der Waals surface area (Å²) in [5.74, 6) is -1.09. The zero-order valence-electron chi connectivity index (χ0n) is 11.6. The van der Waals surface area contributed by atoms with Crippen molar-refractivity contribution in [2.45, 2.75) is 18.5 Å². The van der Waals surface area contributed by atoms with Gasteiger partial charge in [-0.2, -0.15) is 0 Å². The molecule has 22 heavy (non-hydrogen) atoms. The molecule has 0 aliphatic carbocycles. The van der Waals surface area contributed by atoms with Gasteiger partial charge in [0.15, 0.2) is 0 Å². The number of hydrazine groups is 1. The fraction of sp³-hybridized carbons (Fsp3) is 0.188. The van der Waals surface area contributed by atoms with E-state index < -0.39 is 11.9 Å². The van der Waals surface area contributed by atoms with E-state index in [2.05, 4.69) is 16.2 Å². The fourth-order valence-electron chi connectivity index (χ4n) is 2.42. The highest BCUT2D eigenvalue weighted by Gasteiger charge is 2.30. The molecular weight excluding hydrogens is 288 g/mol. The molecular formula is C16H15F2N3O. The standard InChI is InChI=1S/C16H15F2N3O/c17-11-7-5-10(6-8-11)14-9-15(21-20-14)16(22)19-13-4-2-1-3-12(13)18/h1-8,14-15,20-21H,9H2,(H,19,22). The molecule has 4 nitrogen and oxygen atoms in total. The van der Waals surface area contributed by atoms with Gasteiger partial charge in [0.1, 0.15) is 17.7 Å². The van der Waals surface area contributed by atoms with Crippen LogP contribution in [0, 0.1) is 11.6 Å². The first-order chi connectivity index (χ1) is 10.6. The van der Waals surface area contributed by atoms with Crippen LogP contribution in [0.5, 0.6) is 0 Å². The zero-order chi connectivity index (χ0) is 15.5. The van der Waals surface area contributed by atoms with Crippen molar-refractivity contribution in [2.75, 3.05) is 5.32 Å². The number of para-hydroxylation sites is 1. The third-order valence-electron chi connectivity index (χ3n) is 3.62. The lowest BCUT2D eigenvalue weighted by molar-refractivity contribution is -0.117. The Morgan fingerprint density at radius 3 is 2.50 bits per heavy atom. The van der Waals surface area contributed by atoms with E-state index in [1.54, 1.807) is 24.3 Å². The number of carbonyl (C=O) groups excluding carboxylic acids is 1. The minimum Gasteiger partial charge on any atom is -0.322 e. The maximum atomic E-state index is 13.5. The summed E-state index contributed by atoms with van der Waals surface area (Å²) in [5, 5.41) is 2.56. The summed E-state index contributed by atoms with van der Waals surface area (Å²) in [6, 6.07) is 11.5. The van der Waals surface area contributed by atoms with Crippen LogP contribution in [0.1, 0.15) is 18.0 Å². The van der Waals surface area contributed by atoms with E-state index >= 15 is 0 Å². The minimum absolute atomic E-state index is 0.100. The molecule has 1 amide bonds. The third kappa shape index (κ3) is 3.13. The Morgan fingerprint density at radius 1 is 1.05 bits per heavy atom. The maximum Gasteiger partial charge on any atom is 0.243 e. The molecule has 0 spiro atoms. The minimum atomic E-state index is -0.491. The third-order valence-corrected chi connectivity index (χ3v) is 3.62. The van der Waals surface area contributed by atoms with Crippen molar-refractivity contribution in [3.8, 4) is 0 Å². The van der Waals surface area contributed by atoms with E-state index in [9.17, 15) is 13.6 Å². The molecule has 2 unspecified atom stereocenters. The number of carbonyl (C=O) groups is 1. The Morgan fingerprint density at radius 2 is 1.77 bits per heavy atom. The van der Waals surface area contributed by atoms with Gasteiger partial charge >= 0.3 is 0 Å². The van der Waals surface area contributed by atoms with Crippen LogP contribution in [0.4, 0.5) is 14.5 Å². The van der Waals surface area contributed by atoms with Gasteiger partial charge in [0.05, 0.1) is 5.69 Å². The number of anilines is 1. The Bertz CT molecular complexity index is 675. The first-order valence-electron chi connectivity index (χ1n) is 6.95. The van der Waals surface area contributed by atoms with Crippen LogP contribution in [0.15, 0.2) is 48.5 Å². The second-order valence-corrected chi connectivity index (χ2v) is 5.15. The summed E-state index contributed by atoms with van der Waals surface area (Å²) in [7, 11) is 0. The molecule has 0 aromatic heterocycles. The predicted octanol–water partition coefficient (Wildman–Crippen LogP) is 2.51. The molecule has 1 heterocycles. The fourth-order valence-corrected chi connectivity index (χ4v) is 2.42. The summed E-state index contributed by atoms with van der Waals surface area (Å²) in [5.41, 5.74) is 6.91. The predicted molar refractivity (Wildman–Crippen MR) is 78.8 cm³/mol. The van der Waals surface area contributed by atoms with Gasteiger partial charge in [0.25, 0.3) is 0 Å². The van der Waals surface area contributed by atoms with Crippen LogP contribution in [-0.4, -0.2) is 11.9 Å². The zero-order valence-corrected chi connectivity index (χ0v) is 11.6. The van der Waals surface area contributed by atoms with Gasteiger partial charge < -0.3 is 5.32 Å². The lowest BCUT2D eigenvalue weighted by Gasteiger charge is -2.11. The first-order valence-corrected chi connectivity index (χ1v) is 6.95. The van der Waals surface area contributed by atoms with Gasteiger partial charge in [-0.1, -0.05) is 24.3 Å². The van der Waals surface area contributed by atoms with Gasteiger partial charge in [0, 0.05) is 6.04 Å². The van der Waals surface area contributed by atoms with Gasteiger partial charge in [0.2, 0.25) is 5.91 Å². The summed E-state index contributed by atoms with van der Waals surface area (Å²) in [4.78, 5) is 12.2. The van der Waals surface area contributed by atoms with Gasteiger partial charge in [-0.05, 0) is 36.2 Å². The number of benzene rings is 2. The molecule has 2 aromatic rings. The Kier molecular flexibility index (Phi) is 4.13. The molecule has 1 aliphatic heterocycles. The largest absolute Gasteiger partial charge is 0.322 e. The maximum absolute atomic E-state index is 13.5. The van der Waals surface area contributed by atoms with Crippen LogP contribution >= 0.6 is 0 Å². The van der Waals surface area contributed by atoms with Crippen molar-refractivity contribution in [3.05, 3.63) is 65.7 Å². The van der Waals surface area contributed by atoms with Gasteiger partial charge in [-0.3, -0.25) is 4.79 Å². The summed E-state index contributed by atoms with van der Waals surface area (Å²) in [6.07, 6.45) is 0.492. The molecule has 1 fully saturated rings. The van der Waals surface area contributed by atoms with Crippen LogP contribution in [0.25, 0.3) is 0 Å². The molecule has 1 saturated heterocycles. The van der Waals surface area contributed by atoms with E-state index in [1.165, 1.54) is 24.3 Å². The molecule has 2 atom stereocenters. The Hall–Kier alpha value is -2.31. The highest BCUT2D eigenvalue weighted by molar-refractivity contribution is 5.95. The van der Waals surface area contributed by atoms with Crippen molar-refractivity contribution in [2.24, 2.45) is 0 Å². The Balaban J connectivity index is 1.64. The molecule has 3 rings (SSSR count). The average molecular weight is 303 g/mol.